The van der Waals surface area contributed by atoms with Crippen molar-refractivity contribution in [3.63, 3.8) is 0 Å². The summed E-state index contributed by atoms with van der Waals surface area (Å²) in [6.07, 6.45) is 1.09. The third kappa shape index (κ3) is 7.25. The summed E-state index contributed by atoms with van der Waals surface area (Å²) in [5, 5.41) is 0. The Labute approximate surface area is 145 Å². The number of rotatable bonds is 9. The molecular weight excluding hydrogens is 322 g/mol. The first-order chi connectivity index (χ1) is 11.4. The fourth-order valence-electron chi connectivity index (χ4n) is 2.60. The highest BCUT2D eigenvalue weighted by Crippen LogP contribution is 2.13. The van der Waals surface area contributed by atoms with E-state index in [-0.39, 0.29) is 12.5 Å². The zero-order valence-corrected chi connectivity index (χ0v) is 15.1. The smallest absolute Gasteiger partial charge is 0.264 e. The van der Waals surface area contributed by atoms with Crippen LogP contribution in [0.1, 0.15) is 18.1 Å². The Morgan fingerprint density at radius 1 is 0.917 bits per heavy atom. The molecular formula is C19H25NO3S. The summed E-state index contributed by atoms with van der Waals surface area (Å²) >= 11 is 0. The van der Waals surface area contributed by atoms with Crippen molar-refractivity contribution in [3.8, 4) is 0 Å². The summed E-state index contributed by atoms with van der Waals surface area (Å²) < 4.78 is 27.3. The molecule has 2 aromatic rings. The van der Waals surface area contributed by atoms with Crippen LogP contribution in [0.4, 0.5) is 0 Å². The van der Waals surface area contributed by atoms with E-state index in [1.807, 2.05) is 43.3 Å². The lowest BCUT2D eigenvalue weighted by Gasteiger charge is -2.26. The van der Waals surface area contributed by atoms with E-state index >= 15 is 0 Å². The molecule has 0 aliphatic rings. The van der Waals surface area contributed by atoms with Crippen molar-refractivity contribution in [3.05, 3.63) is 71.8 Å². The van der Waals surface area contributed by atoms with Gasteiger partial charge in [0.05, 0.1) is 12.9 Å². The van der Waals surface area contributed by atoms with E-state index in [2.05, 4.69) is 29.2 Å². The average molecular weight is 347 g/mol. The van der Waals surface area contributed by atoms with Gasteiger partial charge in [0.1, 0.15) is 0 Å². The van der Waals surface area contributed by atoms with Gasteiger partial charge in [-0.1, -0.05) is 67.6 Å². The van der Waals surface area contributed by atoms with Crippen LogP contribution in [0.15, 0.2) is 60.7 Å². The summed E-state index contributed by atoms with van der Waals surface area (Å²) in [6, 6.07) is 20.6. The predicted molar refractivity (Wildman–Crippen MR) is 97.0 cm³/mol. The van der Waals surface area contributed by atoms with Crippen LogP contribution in [0.25, 0.3) is 0 Å². The minimum atomic E-state index is -3.39. The lowest BCUT2D eigenvalue weighted by molar-refractivity contribution is 0.177. The molecule has 1 atom stereocenters. The molecule has 0 bridgehead atoms. The van der Waals surface area contributed by atoms with Gasteiger partial charge in [-0.3, -0.25) is 9.08 Å². The third-order valence-electron chi connectivity index (χ3n) is 3.63. The van der Waals surface area contributed by atoms with Gasteiger partial charge in [-0.05, 0) is 17.0 Å². The van der Waals surface area contributed by atoms with Crippen LogP contribution in [-0.2, 0) is 27.4 Å². The maximum absolute atomic E-state index is 11.2. The molecule has 0 amide bonds. The Balaban J connectivity index is 2.01. The Morgan fingerprint density at radius 3 is 1.79 bits per heavy atom. The van der Waals surface area contributed by atoms with Crippen LogP contribution in [0.5, 0.6) is 0 Å². The molecule has 0 spiro atoms. The number of hydrogen-bond donors (Lipinski definition) is 0. The van der Waals surface area contributed by atoms with Crippen molar-refractivity contribution in [1.82, 2.24) is 4.90 Å². The first-order valence-electron chi connectivity index (χ1n) is 8.07. The Bertz CT molecular complexity index is 660. The van der Waals surface area contributed by atoms with Crippen molar-refractivity contribution in [2.75, 3.05) is 19.4 Å². The standard InChI is InChI=1S/C19H25NO3S/c1-17(16-23-24(2,21)22)13-20(14-18-9-5-3-6-10-18)15-19-11-7-4-8-12-19/h3-12,17H,13-16H2,1-2H3. The lowest BCUT2D eigenvalue weighted by atomic mass is 10.1. The highest BCUT2D eigenvalue weighted by atomic mass is 32.2. The molecule has 0 aliphatic carbocycles. The average Bonchev–Trinajstić information content (AvgIpc) is 2.54. The van der Waals surface area contributed by atoms with E-state index in [0.717, 1.165) is 25.9 Å². The third-order valence-corrected chi connectivity index (χ3v) is 4.20. The van der Waals surface area contributed by atoms with E-state index < -0.39 is 10.1 Å². The lowest BCUT2D eigenvalue weighted by Crippen LogP contribution is -2.30. The van der Waals surface area contributed by atoms with E-state index in [0.29, 0.717) is 0 Å². The second-order valence-electron chi connectivity index (χ2n) is 6.23. The molecule has 0 heterocycles. The molecule has 0 radical (unpaired) electrons. The number of benzene rings is 2. The number of hydrogen-bond acceptors (Lipinski definition) is 4. The molecule has 4 nitrogen and oxygen atoms in total. The topological polar surface area (TPSA) is 46.6 Å². The normalized spacial score (nSPS) is 13.1. The van der Waals surface area contributed by atoms with E-state index in [4.69, 9.17) is 4.18 Å². The van der Waals surface area contributed by atoms with Crippen LogP contribution in [0.2, 0.25) is 0 Å². The van der Waals surface area contributed by atoms with Gasteiger partial charge in [0, 0.05) is 19.6 Å². The first kappa shape index (κ1) is 18.6. The highest BCUT2D eigenvalue weighted by molar-refractivity contribution is 7.85. The molecule has 24 heavy (non-hydrogen) atoms. The van der Waals surface area contributed by atoms with E-state index in [1.54, 1.807) is 0 Å². The summed E-state index contributed by atoms with van der Waals surface area (Å²) in [6.45, 7) is 4.62. The number of nitrogens with zero attached hydrogens (tertiary/aromatic N) is 1. The zero-order valence-electron chi connectivity index (χ0n) is 14.3. The highest BCUT2D eigenvalue weighted by Gasteiger charge is 2.14. The molecule has 0 N–H and O–H groups in total. The minimum Gasteiger partial charge on any atom is -0.294 e. The van der Waals surface area contributed by atoms with Gasteiger partial charge in [-0.2, -0.15) is 8.42 Å². The summed E-state index contributed by atoms with van der Waals surface area (Å²) in [5.74, 6) is 0.118. The van der Waals surface area contributed by atoms with Crippen molar-refractivity contribution < 1.29 is 12.6 Å². The van der Waals surface area contributed by atoms with Crippen LogP contribution in [0, 0.1) is 5.92 Å². The first-order valence-corrected chi connectivity index (χ1v) is 9.88. The monoisotopic (exact) mass is 347 g/mol. The van der Waals surface area contributed by atoms with Crippen LogP contribution < -0.4 is 0 Å². The van der Waals surface area contributed by atoms with Crippen molar-refractivity contribution in [2.45, 2.75) is 20.0 Å². The summed E-state index contributed by atoms with van der Waals surface area (Å²) in [4.78, 5) is 2.32. The van der Waals surface area contributed by atoms with E-state index in [9.17, 15) is 8.42 Å². The molecule has 0 fully saturated rings. The van der Waals surface area contributed by atoms with Crippen LogP contribution >= 0.6 is 0 Å². The molecule has 0 aromatic heterocycles. The maximum atomic E-state index is 11.2. The Morgan fingerprint density at radius 2 is 1.38 bits per heavy atom. The Kier molecular flexibility index (Phi) is 6.97. The van der Waals surface area contributed by atoms with Crippen molar-refractivity contribution >= 4 is 10.1 Å². The maximum Gasteiger partial charge on any atom is 0.264 e. The minimum absolute atomic E-state index is 0.118. The van der Waals surface area contributed by atoms with Gasteiger partial charge >= 0.3 is 0 Å². The SMILES string of the molecule is CC(COS(C)(=O)=O)CN(Cc1ccccc1)Cc1ccccc1. The molecule has 2 rings (SSSR count). The van der Waals surface area contributed by atoms with Gasteiger partial charge in [0.15, 0.2) is 0 Å². The van der Waals surface area contributed by atoms with Gasteiger partial charge in [-0.15, -0.1) is 0 Å². The molecule has 1 unspecified atom stereocenters. The van der Waals surface area contributed by atoms with Crippen LogP contribution in [0.3, 0.4) is 0 Å². The second kappa shape index (κ2) is 8.97. The molecule has 130 valence electrons. The summed E-state index contributed by atoms with van der Waals surface area (Å²) in [5.41, 5.74) is 2.48. The zero-order chi connectivity index (χ0) is 17.4. The van der Waals surface area contributed by atoms with Gasteiger partial charge in [0.25, 0.3) is 10.1 Å². The van der Waals surface area contributed by atoms with Gasteiger partial charge in [-0.25, -0.2) is 0 Å². The van der Waals surface area contributed by atoms with Crippen molar-refractivity contribution in [2.24, 2.45) is 5.92 Å². The van der Waals surface area contributed by atoms with Gasteiger partial charge in [0.2, 0.25) is 0 Å². The molecule has 5 heteroatoms. The van der Waals surface area contributed by atoms with E-state index in [1.165, 1.54) is 11.1 Å². The fourth-order valence-corrected chi connectivity index (χ4v) is 3.08. The largest absolute Gasteiger partial charge is 0.294 e. The molecule has 0 saturated carbocycles. The van der Waals surface area contributed by atoms with Gasteiger partial charge < -0.3 is 0 Å². The summed E-state index contributed by atoms with van der Waals surface area (Å²) in [7, 11) is -3.39. The van der Waals surface area contributed by atoms with Crippen LogP contribution in [-0.4, -0.2) is 32.7 Å². The predicted octanol–water partition coefficient (Wildman–Crippen LogP) is 3.30. The quantitative estimate of drug-likeness (QED) is 0.653. The van der Waals surface area contributed by atoms with Crippen molar-refractivity contribution in [1.29, 1.82) is 0 Å². The molecule has 2 aromatic carbocycles. The fraction of sp³-hybridized carbons (Fsp3) is 0.368. The molecule has 0 aliphatic heterocycles. The Hall–Kier alpha value is -1.69. The molecule has 0 saturated heterocycles. The second-order valence-corrected chi connectivity index (χ2v) is 7.88.